The third kappa shape index (κ3) is 4.04. The van der Waals surface area contributed by atoms with Crippen molar-refractivity contribution in [2.45, 2.75) is 50.4 Å². The lowest BCUT2D eigenvalue weighted by atomic mass is 9.95. The van der Waals surface area contributed by atoms with Crippen LogP contribution in [-0.4, -0.2) is 27.8 Å². The number of fused-ring (bicyclic) bond motifs is 2. The molecule has 4 N–H and O–H groups in total. The zero-order chi connectivity index (χ0) is 24.0. The molecule has 11 heteroatoms. The Morgan fingerprint density at radius 2 is 1.91 bits per heavy atom. The number of benzene rings is 1. The van der Waals surface area contributed by atoms with Gasteiger partial charge in [0.15, 0.2) is 11.7 Å². The van der Waals surface area contributed by atoms with E-state index in [0.29, 0.717) is 17.0 Å². The molecule has 1 aromatic carbocycles. The van der Waals surface area contributed by atoms with Crippen molar-refractivity contribution in [1.82, 2.24) is 9.78 Å². The number of carbonyl (C=O) groups excluding carboxylic acids is 2. The number of thiophene rings is 1. The van der Waals surface area contributed by atoms with Gasteiger partial charge >= 0.3 is 6.18 Å². The topological polar surface area (TPSA) is 102 Å². The quantitative estimate of drug-likeness (QED) is 0.488. The van der Waals surface area contributed by atoms with Gasteiger partial charge in [-0.05, 0) is 36.8 Å². The Morgan fingerprint density at radius 3 is 2.62 bits per heavy atom. The van der Waals surface area contributed by atoms with Gasteiger partial charge < -0.3 is 16.4 Å². The number of nitrogens with one attached hydrogen (secondary N) is 2. The second-order valence-corrected chi connectivity index (χ2v) is 9.60. The number of halogens is 3. The number of amides is 2. The van der Waals surface area contributed by atoms with Crippen molar-refractivity contribution in [2.75, 3.05) is 10.6 Å². The van der Waals surface area contributed by atoms with Crippen LogP contribution >= 0.6 is 11.3 Å². The molecule has 5 rings (SSSR count). The molecule has 0 radical (unpaired) electrons. The van der Waals surface area contributed by atoms with E-state index in [9.17, 15) is 22.8 Å². The molecule has 1 aliphatic carbocycles. The zero-order valence-corrected chi connectivity index (χ0v) is 18.8. The summed E-state index contributed by atoms with van der Waals surface area (Å²) in [6, 6.07) is 7.68. The second kappa shape index (κ2) is 8.46. The third-order valence-electron chi connectivity index (χ3n) is 6.27. The number of anilines is 2. The number of alkyl halides is 3. The van der Waals surface area contributed by atoms with E-state index in [1.165, 1.54) is 17.4 Å². The number of primary amides is 1. The van der Waals surface area contributed by atoms with Crippen LogP contribution in [0.2, 0.25) is 0 Å². The Bertz CT molecular complexity index is 1250. The summed E-state index contributed by atoms with van der Waals surface area (Å²) in [5.74, 6) is -1.22. The largest absolute Gasteiger partial charge is 0.410 e. The Balaban J connectivity index is 1.46. The second-order valence-electron chi connectivity index (χ2n) is 8.49. The Morgan fingerprint density at radius 1 is 1.18 bits per heavy atom. The van der Waals surface area contributed by atoms with Crippen LogP contribution in [0.3, 0.4) is 0 Å². The number of hydrogen-bond donors (Lipinski definition) is 3. The van der Waals surface area contributed by atoms with Gasteiger partial charge in [0, 0.05) is 17.4 Å². The first-order valence-corrected chi connectivity index (χ1v) is 11.8. The molecule has 34 heavy (non-hydrogen) atoms. The van der Waals surface area contributed by atoms with Crippen molar-refractivity contribution in [3.05, 3.63) is 63.7 Å². The molecule has 3 aromatic rings. The van der Waals surface area contributed by atoms with E-state index >= 15 is 0 Å². The number of carbonyl (C=O) groups is 2. The van der Waals surface area contributed by atoms with Gasteiger partial charge in [0.25, 0.3) is 11.8 Å². The lowest BCUT2D eigenvalue weighted by Crippen LogP contribution is -2.35. The van der Waals surface area contributed by atoms with E-state index in [0.717, 1.165) is 34.4 Å². The smallest absolute Gasteiger partial charge is 0.365 e. The van der Waals surface area contributed by atoms with Crippen LogP contribution in [0, 0.1) is 0 Å². The van der Waals surface area contributed by atoms with E-state index in [4.69, 9.17) is 5.73 Å². The summed E-state index contributed by atoms with van der Waals surface area (Å²) >= 11 is 1.29. The lowest BCUT2D eigenvalue weighted by molar-refractivity contribution is -0.173. The molecule has 2 aromatic heterocycles. The molecule has 0 fully saturated rings. The molecule has 0 spiro atoms. The summed E-state index contributed by atoms with van der Waals surface area (Å²) in [7, 11) is 0. The molecule has 1 aliphatic heterocycles. The van der Waals surface area contributed by atoms with E-state index in [1.807, 2.05) is 0 Å². The average Bonchev–Trinajstić information content (AvgIpc) is 3.39. The van der Waals surface area contributed by atoms with Crippen LogP contribution in [0.15, 0.2) is 36.4 Å². The first kappa shape index (κ1) is 22.5. The van der Waals surface area contributed by atoms with E-state index in [1.54, 1.807) is 30.3 Å². The fourth-order valence-electron chi connectivity index (χ4n) is 4.67. The summed E-state index contributed by atoms with van der Waals surface area (Å²) in [6.07, 6.45) is -1.38. The third-order valence-corrected chi connectivity index (χ3v) is 7.48. The predicted octanol–water partition coefficient (Wildman–Crippen LogP) is 4.83. The minimum absolute atomic E-state index is 0.105. The summed E-state index contributed by atoms with van der Waals surface area (Å²) < 4.78 is 42.5. The summed E-state index contributed by atoms with van der Waals surface area (Å²) in [5.41, 5.74) is 7.25. The highest BCUT2D eigenvalue weighted by molar-refractivity contribution is 7.17. The molecule has 178 valence electrons. The van der Waals surface area contributed by atoms with Crippen LogP contribution in [0.5, 0.6) is 0 Å². The van der Waals surface area contributed by atoms with Gasteiger partial charge in [-0.1, -0.05) is 30.3 Å². The molecular formula is C23H22F3N5O2S. The van der Waals surface area contributed by atoms with Gasteiger partial charge in [-0.3, -0.25) is 9.59 Å². The predicted molar refractivity (Wildman–Crippen MR) is 122 cm³/mol. The van der Waals surface area contributed by atoms with Crippen molar-refractivity contribution >= 4 is 34.0 Å². The molecule has 0 bridgehead atoms. The van der Waals surface area contributed by atoms with E-state index in [2.05, 4.69) is 15.7 Å². The van der Waals surface area contributed by atoms with E-state index < -0.39 is 30.1 Å². The first-order chi connectivity index (χ1) is 16.2. The van der Waals surface area contributed by atoms with Crippen LogP contribution < -0.4 is 16.4 Å². The van der Waals surface area contributed by atoms with Crippen LogP contribution in [0.25, 0.3) is 0 Å². The Labute approximate surface area is 197 Å². The Hall–Kier alpha value is -3.34. The molecule has 2 atom stereocenters. The van der Waals surface area contributed by atoms with Crippen molar-refractivity contribution < 1.29 is 22.8 Å². The van der Waals surface area contributed by atoms with Gasteiger partial charge in [0.2, 0.25) is 0 Å². The SMILES string of the molecule is NC(=O)c1c(NC(=O)c2cc3n(n2)C(C(F)(F)F)CC(c2ccccc2)N3)sc2c1CCCC2. The fourth-order valence-corrected chi connectivity index (χ4v) is 5.96. The molecule has 3 heterocycles. The standard InChI is InChI=1S/C23H22F3N5O2S/c24-23(25,26)17-10-14(12-6-2-1-3-7-12)28-18-11-15(30-31(17)18)21(33)29-22-19(20(27)32)13-8-4-5-9-16(13)34-22/h1-3,6-7,11,14,17,28H,4-5,8-10H2,(H2,27,32)(H,29,33). The van der Waals surface area contributed by atoms with Crippen molar-refractivity contribution in [2.24, 2.45) is 5.73 Å². The number of hydrogen-bond acceptors (Lipinski definition) is 5. The van der Waals surface area contributed by atoms with Crippen LogP contribution in [0.1, 0.15) is 68.2 Å². The van der Waals surface area contributed by atoms with Crippen molar-refractivity contribution in [3.8, 4) is 0 Å². The maximum Gasteiger partial charge on any atom is 0.410 e. The van der Waals surface area contributed by atoms with Crippen LogP contribution in [-0.2, 0) is 12.8 Å². The molecule has 7 nitrogen and oxygen atoms in total. The fraction of sp³-hybridized carbons (Fsp3) is 0.348. The molecule has 2 aliphatic rings. The highest BCUT2D eigenvalue weighted by Crippen LogP contribution is 2.44. The molecule has 2 unspecified atom stereocenters. The van der Waals surface area contributed by atoms with Gasteiger partial charge in [-0.2, -0.15) is 18.3 Å². The highest BCUT2D eigenvalue weighted by Gasteiger charge is 2.46. The maximum atomic E-state index is 13.9. The first-order valence-electron chi connectivity index (χ1n) is 11.0. The minimum atomic E-state index is -4.55. The molecule has 2 amide bonds. The molecular weight excluding hydrogens is 467 g/mol. The normalized spacial score (nSPS) is 19.6. The Kier molecular flexibility index (Phi) is 5.59. The number of nitrogens with zero attached hydrogens (tertiary/aromatic N) is 2. The zero-order valence-electron chi connectivity index (χ0n) is 18.0. The summed E-state index contributed by atoms with van der Waals surface area (Å²) in [4.78, 5) is 26.1. The minimum Gasteiger partial charge on any atom is -0.365 e. The number of rotatable bonds is 4. The number of aromatic nitrogens is 2. The van der Waals surface area contributed by atoms with Crippen LogP contribution in [0.4, 0.5) is 24.0 Å². The lowest BCUT2D eigenvalue weighted by Gasteiger charge is -2.33. The van der Waals surface area contributed by atoms with Gasteiger partial charge in [0.1, 0.15) is 10.8 Å². The van der Waals surface area contributed by atoms with Gasteiger partial charge in [-0.25, -0.2) is 4.68 Å². The van der Waals surface area contributed by atoms with Gasteiger partial charge in [0.05, 0.1) is 11.6 Å². The molecule has 0 saturated carbocycles. The van der Waals surface area contributed by atoms with Gasteiger partial charge in [-0.15, -0.1) is 11.3 Å². The molecule has 0 saturated heterocycles. The van der Waals surface area contributed by atoms with Crippen molar-refractivity contribution in [3.63, 3.8) is 0 Å². The van der Waals surface area contributed by atoms with E-state index in [-0.39, 0.29) is 23.5 Å². The maximum absolute atomic E-state index is 13.9. The average molecular weight is 490 g/mol. The summed E-state index contributed by atoms with van der Waals surface area (Å²) in [5, 5.41) is 10.0. The summed E-state index contributed by atoms with van der Waals surface area (Å²) in [6.45, 7) is 0. The number of aryl methyl sites for hydroxylation is 1. The monoisotopic (exact) mass is 489 g/mol. The number of nitrogens with two attached hydrogens (primary N) is 1. The van der Waals surface area contributed by atoms with Crippen molar-refractivity contribution in [1.29, 1.82) is 0 Å². The highest BCUT2D eigenvalue weighted by atomic mass is 32.1.